The topological polar surface area (TPSA) is 50.9 Å². The molecule has 0 atom stereocenters. The Bertz CT molecular complexity index is 347. The predicted octanol–water partition coefficient (Wildman–Crippen LogP) is 1.65. The Labute approximate surface area is 91.1 Å². The third kappa shape index (κ3) is 2.29. The van der Waals surface area contributed by atoms with Gasteiger partial charge in [-0.15, -0.1) is 0 Å². The first-order chi connectivity index (χ1) is 7.31. The molecule has 15 heavy (non-hydrogen) atoms. The van der Waals surface area contributed by atoms with E-state index in [1.54, 1.807) is 0 Å². The first-order valence-electron chi connectivity index (χ1n) is 5.79. The van der Waals surface area contributed by atoms with Crippen LogP contribution in [0.2, 0.25) is 0 Å². The lowest BCUT2D eigenvalue weighted by atomic mass is 10.0. The molecule has 0 saturated carbocycles. The number of pyridine rings is 1. The largest absolute Gasteiger partial charge is 0.383 e. The van der Waals surface area contributed by atoms with Gasteiger partial charge in [0.2, 0.25) is 0 Å². The van der Waals surface area contributed by atoms with Gasteiger partial charge in [-0.2, -0.15) is 0 Å². The molecule has 0 saturated heterocycles. The van der Waals surface area contributed by atoms with Gasteiger partial charge in [0, 0.05) is 25.2 Å². The van der Waals surface area contributed by atoms with Gasteiger partial charge >= 0.3 is 0 Å². The van der Waals surface area contributed by atoms with E-state index in [1.165, 1.54) is 29.7 Å². The smallest absolute Gasteiger partial charge is 0.126 e. The fourth-order valence-electron chi connectivity index (χ4n) is 2.02. The summed E-state index contributed by atoms with van der Waals surface area (Å²) >= 11 is 0. The van der Waals surface area contributed by atoms with Crippen molar-refractivity contribution in [2.75, 3.05) is 12.3 Å². The van der Waals surface area contributed by atoms with Crippen LogP contribution in [0, 0.1) is 0 Å². The molecule has 1 aromatic heterocycles. The summed E-state index contributed by atoms with van der Waals surface area (Å²) in [5.74, 6) is 0.740. The number of hydrogen-bond acceptors (Lipinski definition) is 3. The molecule has 0 bridgehead atoms. The van der Waals surface area contributed by atoms with Gasteiger partial charge in [-0.3, -0.25) is 0 Å². The molecule has 3 N–H and O–H groups in total. The normalized spacial score (nSPS) is 15.0. The minimum atomic E-state index is 0.740. The van der Waals surface area contributed by atoms with Crippen molar-refractivity contribution in [3.05, 3.63) is 22.9 Å². The van der Waals surface area contributed by atoms with Crippen LogP contribution in [0.25, 0.3) is 0 Å². The van der Waals surface area contributed by atoms with Crippen LogP contribution in [0.3, 0.4) is 0 Å². The number of unbranched alkanes of at least 4 members (excludes halogenated alkanes) is 1. The van der Waals surface area contributed by atoms with Crippen LogP contribution in [0.15, 0.2) is 6.07 Å². The lowest BCUT2D eigenvalue weighted by Gasteiger charge is -2.18. The third-order valence-electron chi connectivity index (χ3n) is 2.96. The minimum Gasteiger partial charge on any atom is -0.383 e. The average Bonchev–Trinajstić information content (AvgIpc) is 2.26. The summed E-state index contributed by atoms with van der Waals surface area (Å²) in [6.45, 7) is 4.17. The van der Waals surface area contributed by atoms with Gasteiger partial charge in [0.25, 0.3) is 0 Å². The van der Waals surface area contributed by atoms with Crippen LogP contribution in [-0.2, 0) is 19.4 Å². The molecule has 2 heterocycles. The molecule has 3 nitrogen and oxygen atoms in total. The van der Waals surface area contributed by atoms with Crippen molar-refractivity contribution < 1.29 is 0 Å². The van der Waals surface area contributed by atoms with E-state index in [9.17, 15) is 0 Å². The number of nitrogens with one attached hydrogen (secondary N) is 1. The van der Waals surface area contributed by atoms with Crippen LogP contribution < -0.4 is 11.1 Å². The SMILES string of the molecule is CCCCc1cc2c(nc1N)CCNC2. The predicted molar refractivity (Wildman–Crippen MR) is 62.7 cm³/mol. The second kappa shape index (κ2) is 4.62. The number of fused-ring (bicyclic) bond motifs is 1. The van der Waals surface area contributed by atoms with E-state index in [0.29, 0.717) is 0 Å². The average molecular weight is 205 g/mol. The summed E-state index contributed by atoms with van der Waals surface area (Å²) in [6.07, 6.45) is 4.46. The Morgan fingerprint density at radius 3 is 3.20 bits per heavy atom. The summed E-state index contributed by atoms with van der Waals surface area (Å²) in [4.78, 5) is 4.50. The van der Waals surface area contributed by atoms with E-state index in [4.69, 9.17) is 5.73 Å². The summed E-state index contributed by atoms with van der Waals surface area (Å²) in [5, 5.41) is 3.36. The number of hydrogen-bond donors (Lipinski definition) is 2. The first kappa shape index (κ1) is 10.4. The molecule has 0 radical (unpaired) electrons. The fourth-order valence-corrected chi connectivity index (χ4v) is 2.02. The maximum absolute atomic E-state index is 5.95. The number of nitrogens with two attached hydrogens (primary N) is 1. The van der Waals surface area contributed by atoms with E-state index in [2.05, 4.69) is 23.3 Å². The molecular weight excluding hydrogens is 186 g/mol. The van der Waals surface area contributed by atoms with E-state index in [1.807, 2.05) is 0 Å². The Kier molecular flexibility index (Phi) is 3.21. The van der Waals surface area contributed by atoms with Crippen LogP contribution in [0.1, 0.15) is 36.6 Å². The van der Waals surface area contributed by atoms with Gasteiger partial charge in [-0.05, 0) is 30.0 Å². The van der Waals surface area contributed by atoms with E-state index in [-0.39, 0.29) is 0 Å². The summed E-state index contributed by atoms with van der Waals surface area (Å²) in [5.41, 5.74) is 9.70. The molecule has 0 amide bonds. The summed E-state index contributed by atoms with van der Waals surface area (Å²) in [7, 11) is 0. The highest BCUT2D eigenvalue weighted by Crippen LogP contribution is 2.19. The van der Waals surface area contributed by atoms with Crippen molar-refractivity contribution in [2.24, 2.45) is 0 Å². The molecular formula is C12H19N3. The second-order valence-corrected chi connectivity index (χ2v) is 4.17. The Hall–Kier alpha value is -1.09. The van der Waals surface area contributed by atoms with Crippen molar-refractivity contribution in [1.82, 2.24) is 10.3 Å². The van der Waals surface area contributed by atoms with Crippen molar-refractivity contribution >= 4 is 5.82 Å². The van der Waals surface area contributed by atoms with Gasteiger partial charge in [0.15, 0.2) is 0 Å². The number of nitrogens with zero attached hydrogens (tertiary/aromatic N) is 1. The van der Waals surface area contributed by atoms with Crippen LogP contribution in [-0.4, -0.2) is 11.5 Å². The highest BCUT2D eigenvalue weighted by Gasteiger charge is 2.12. The summed E-state index contributed by atoms with van der Waals surface area (Å²) in [6, 6.07) is 2.24. The number of nitrogen functional groups attached to an aromatic ring is 1. The van der Waals surface area contributed by atoms with E-state index >= 15 is 0 Å². The highest BCUT2D eigenvalue weighted by molar-refractivity contribution is 5.44. The van der Waals surface area contributed by atoms with Crippen molar-refractivity contribution in [1.29, 1.82) is 0 Å². The number of rotatable bonds is 3. The maximum Gasteiger partial charge on any atom is 0.126 e. The molecule has 0 spiro atoms. The monoisotopic (exact) mass is 205 g/mol. The number of aryl methyl sites for hydroxylation is 1. The first-order valence-corrected chi connectivity index (χ1v) is 5.79. The number of anilines is 1. The molecule has 3 heteroatoms. The van der Waals surface area contributed by atoms with Crippen LogP contribution in [0.4, 0.5) is 5.82 Å². The quantitative estimate of drug-likeness (QED) is 0.789. The number of aromatic nitrogens is 1. The van der Waals surface area contributed by atoms with Gasteiger partial charge in [-0.1, -0.05) is 13.3 Å². The lowest BCUT2D eigenvalue weighted by Crippen LogP contribution is -2.25. The molecule has 1 aliphatic heterocycles. The molecule has 0 aromatic carbocycles. The lowest BCUT2D eigenvalue weighted by molar-refractivity contribution is 0.628. The molecule has 1 aromatic rings. The molecule has 0 fully saturated rings. The zero-order chi connectivity index (χ0) is 10.7. The molecule has 2 rings (SSSR count). The molecule has 82 valence electrons. The van der Waals surface area contributed by atoms with Gasteiger partial charge < -0.3 is 11.1 Å². The molecule has 0 unspecified atom stereocenters. The molecule has 1 aliphatic rings. The van der Waals surface area contributed by atoms with Crippen molar-refractivity contribution in [3.8, 4) is 0 Å². The standard InChI is InChI=1S/C12H19N3/c1-2-3-4-9-7-10-8-14-6-5-11(10)15-12(9)13/h7,14H,2-6,8H2,1H3,(H2,13,15). The van der Waals surface area contributed by atoms with Gasteiger partial charge in [0.05, 0.1) is 0 Å². The van der Waals surface area contributed by atoms with E-state index in [0.717, 1.165) is 31.7 Å². The third-order valence-corrected chi connectivity index (χ3v) is 2.96. The van der Waals surface area contributed by atoms with Gasteiger partial charge in [0.1, 0.15) is 5.82 Å². The molecule has 0 aliphatic carbocycles. The van der Waals surface area contributed by atoms with Gasteiger partial charge in [-0.25, -0.2) is 4.98 Å². The Morgan fingerprint density at radius 1 is 1.53 bits per heavy atom. The Balaban J connectivity index is 2.24. The minimum absolute atomic E-state index is 0.740. The van der Waals surface area contributed by atoms with Crippen molar-refractivity contribution in [2.45, 2.75) is 39.2 Å². The van der Waals surface area contributed by atoms with Crippen LogP contribution in [0.5, 0.6) is 0 Å². The Morgan fingerprint density at radius 2 is 2.40 bits per heavy atom. The highest BCUT2D eigenvalue weighted by atomic mass is 14.9. The maximum atomic E-state index is 5.95. The van der Waals surface area contributed by atoms with Crippen molar-refractivity contribution in [3.63, 3.8) is 0 Å². The second-order valence-electron chi connectivity index (χ2n) is 4.17. The van der Waals surface area contributed by atoms with E-state index < -0.39 is 0 Å². The zero-order valence-corrected chi connectivity index (χ0v) is 9.34. The zero-order valence-electron chi connectivity index (χ0n) is 9.34. The summed E-state index contributed by atoms with van der Waals surface area (Å²) < 4.78 is 0. The van der Waals surface area contributed by atoms with Crippen LogP contribution >= 0.6 is 0 Å². The fraction of sp³-hybridized carbons (Fsp3) is 0.583.